The molecule has 0 aliphatic heterocycles. The molecule has 0 saturated carbocycles. The number of H-pyrrole nitrogens is 1. The van der Waals surface area contributed by atoms with Crippen LogP contribution < -0.4 is 5.69 Å². The van der Waals surface area contributed by atoms with Crippen LogP contribution in [0.4, 0.5) is 0 Å². The van der Waals surface area contributed by atoms with Crippen molar-refractivity contribution in [3.8, 4) is 11.3 Å². The van der Waals surface area contributed by atoms with E-state index in [2.05, 4.69) is 15.0 Å². The van der Waals surface area contributed by atoms with Crippen molar-refractivity contribution in [3.63, 3.8) is 0 Å². The van der Waals surface area contributed by atoms with Gasteiger partial charge in [-0.15, -0.1) is 0 Å². The van der Waals surface area contributed by atoms with Gasteiger partial charge in [-0.3, -0.25) is 4.98 Å². The predicted octanol–water partition coefficient (Wildman–Crippen LogP) is 2.29. The molecule has 4 heteroatoms. The predicted molar refractivity (Wildman–Crippen MR) is 70.3 cm³/mol. The highest BCUT2D eigenvalue weighted by Gasteiger charge is 2.03. The fourth-order valence-electron chi connectivity index (χ4n) is 1.95. The van der Waals surface area contributed by atoms with Gasteiger partial charge in [0, 0.05) is 22.8 Å². The monoisotopic (exact) mass is 237 g/mol. The molecule has 1 N–H and O–H groups in total. The maximum Gasteiger partial charge on any atom is 0.345 e. The maximum atomic E-state index is 11.4. The fourth-order valence-corrected chi connectivity index (χ4v) is 1.95. The third-order valence-electron chi connectivity index (χ3n) is 2.78. The lowest BCUT2D eigenvalue weighted by Gasteiger charge is -2.03. The van der Waals surface area contributed by atoms with Crippen LogP contribution in [0.2, 0.25) is 0 Å². The Hall–Kier alpha value is -2.49. The first-order valence-corrected chi connectivity index (χ1v) is 5.65. The Morgan fingerprint density at radius 1 is 1.17 bits per heavy atom. The van der Waals surface area contributed by atoms with E-state index < -0.39 is 0 Å². The molecule has 0 radical (unpaired) electrons. The zero-order valence-corrected chi connectivity index (χ0v) is 9.84. The highest BCUT2D eigenvalue weighted by molar-refractivity contribution is 5.83. The van der Waals surface area contributed by atoms with Gasteiger partial charge in [-0.2, -0.15) is 4.98 Å². The summed E-state index contributed by atoms with van der Waals surface area (Å²) in [6.45, 7) is 1.84. The summed E-state index contributed by atoms with van der Waals surface area (Å²) in [7, 11) is 0. The van der Waals surface area contributed by atoms with E-state index >= 15 is 0 Å². The number of aromatic amines is 1. The van der Waals surface area contributed by atoms with Gasteiger partial charge < -0.3 is 4.98 Å². The zero-order chi connectivity index (χ0) is 12.5. The first-order valence-electron chi connectivity index (χ1n) is 5.65. The number of pyridine rings is 1. The number of aryl methyl sites for hydroxylation is 1. The van der Waals surface area contributed by atoms with E-state index in [1.807, 2.05) is 43.3 Å². The van der Waals surface area contributed by atoms with E-state index in [0.717, 1.165) is 22.2 Å². The smallest absolute Gasteiger partial charge is 0.310 e. The van der Waals surface area contributed by atoms with Crippen LogP contribution in [-0.4, -0.2) is 15.0 Å². The minimum Gasteiger partial charge on any atom is -0.310 e. The van der Waals surface area contributed by atoms with Crippen molar-refractivity contribution in [3.05, 3.63) is 58.8 Å². The van der Waals surface area contributed by atoms with Crippen LogP contribution >= 0.6 is 0 Å². The molecule has 2 heterocycles. The van der Waals surface area contributed by atoms with E-state index in [9.17, 15) is 4.79 Å². The van der Waals surface area contributed by atoms with Crippen LogP contribution in [-0.2, 0) is 0 Å². The van der Waals surface area contributed by atoms with Gasteiger partial charge in [-0.05, 0) is 25.1 Å². The van der Waals surface area contributed by atoms with E-state index in [0.29, 0.717) is 5.69 Å². The number of aromatic nitrogens is 3. The highest BCUT2D eigenvalue weighted by Crippen LogP contribution is 2.21. The average Bonchev–Trinajstić information content (AvgIpc) is 2.37. The molecular formula is C14H11N3O. The molecule has 0 unspecified atom stereocenters. The molecule has 0 aliphatic carbocycles. The van der Waals surface area contributed by atoms with Crippen LogP contribution in [0.15, 0.2) is 47.4 Å². The van der Waals surface area contributed by atoms with Crippen molar-refractivity contribution >= 4 is 10.9 Å². The Bertz CT molecular complexity index is 777. The van der Waals surface area contributed by atoms with Crippen molar-refractivity contribution in [1.29, 1.82) is 0 Å². The standard InChI is InChI=1S/C14H11N3O/c1-9-7-13(17-14(18)16-9)11-5-4-10-3-2-6-15-12(10)8-11/h2-8H,1H3,(H,16,17,18). The molecular weight excluding hydrogens is 226 g/mol. The van der Waals surface area contributed by atoms with Crippen LogP contribution in [0.1, 0.15) is 5.69 Å². The number of nitrogens with zero attached hydrogens (tertiary/aromatic N) is 2. The van der Waals surface area contributed by atoms with Gasteiger partial charge in [0.1, 0.15) is 0 Å². The molecule has 3 rings (SSSR count). The summed E-state index contributed by atoms with van der Waals surface area (Å²) in [6.07, 6.45) is 1.75. The summed E-state index contributed by atoms with van der Waals surface area (Å²) < 4.78 is 0. The van der Waals surface area contributed by atoms with Crippen LogP contribution in [0.5, 0.6) is 0 Å². The number of nitrogens with one attached hydrogen (secondary N) is 1. The fraction of sp³-hybridized carbons (Fsp3) is 0.0714. The zero-order valence-electron chi connectivity index (χ0n) is 9.84. The van der Waals surface area contributed by atoms with Gasteiger partial charge >= 0.3 is 5.69 Å². The SMILES string of the molecule is Cc1cc(-c2ccc3cccnc3c2)nc(=O)[nH]1. The van der Waals surface area contributed by atoms with Crippen molar-refractivity contribution in [2.24, 2.45) is 0 Å². The maximum absolute atomic E-state index is 11.4. The number of hydrogen-bond donors (Lipinski definition) is 1. The summed E-state index contributed by atoms with van der Waals surface area (Å²) in [5, 5.41) is 1.07. The number of hydrogen-bond acceptors (Lipinski definition) is 3. The topological polar surface area (TPSA) is 58.6 Å². The van der Waals surface area contributed by atoms with E-state index in [-0.39, 0.29) is 5.69 Å². The van der Waals surface area contributed by atoms with Crippen LogP contribution in [0, 0.1) is 6.92 Å². The molecule has 18 heavy (non-hydrogen) atoms. The molecule has 0 saturated heterocycles. The minimum atomic E-state index is -0.328. The molecule has 0 spiro atoms. The lowest BCUT2D eigenvalue weighted by molar-refractivity contribution is 1.03. The average molecular weight is 237 g/mol. The molecule has 0 aliphatic rings. The molecule has 0 fully saturated rings. The van der Waals surface area contributed by atoms with Gasteiger partial charge in [-0.25, -0.2) is 4.79 Å². The van der Waals surface area contributed by atoms with E-state index in [1.165, 1.54) is 0 Å². The van der Waals surface area contributed by atoms with Gasteiger partial charge in [-0.1, -0.05) is 18.2 Å². The lowest BCUT2D eigenvalue weighted by Crippen LogP contribution is -2.11. The van der Waals surface area contributed by atoms with E-state index in [1.54, 1.807) is 6.20 Å². The molecule has 0 amide bonds. The number of benzene rings is 1. The molecule has 0 bridgehead atoms. The molecule has 88 valence electrons. The largest absolute Gasteiger partial charge is 0.345 e. The van der Waals surface area contributed by atoms with Gasteiger partial charge in [0.25, 0.3) is 0 Å². The van der Waals surface area contributed by atoms with Crippen molar-refractivity contribution in [2.45, 2.75) is 6.92 Å². The minimum absolute atomic E-state index is 0.328. The molecule has 0 atom stereocenters. The first-order chi connectivity index (χ1) is 8.72. The van der Waals surface area contributed by atoms with E-state index in [4.69, 9.17) is 0 Å². The van der Waals surface area contributed by atoms with Gasteiger partial charge in [0.05, 0.1) is 11.2 Å². The number of fused-ring (bicyclic) bond motifs is 1. The second-order valence-electron chi connectivity index (χ2n) is 4.17. The second-order valence-corrected chi connectivity index (χ2v) is 4.17. The first kappa shape index (κ1) is 10.7. The Morgan fingerprint density at radius 3 is 2.89 bits per heavy atom. The van der Waals surface area contributed by atoms with Crippen LogP contribution in [0.3, 0.4) is 0 Å². The highest BCUT2D eigenvalue weighted by atomic mass is 16.1. The summed E-state index contributed by atoms with van der Waals surface area (Å²) in [5.74, 6) is 0. The van der Waals surface area contributed by atoms with Crippen molar-refractivity contribution in [1.82, 2.24) is 15.0 Å². The van der Waals surface area contributed by atoms with Gasteiger partial charge in [0.15, 0.2) is 0 Å². The number of rotatable bonds is 1. The summed E-state index contributed by atoms with van der Waals surface area (Å²) in [5.41, 5.74) is 2.94. The Morgan fingerprint density at radius 2 is 2.06 bits per heavy atom. The third kappa shape index (κ3) is 1.88. The summed E-state index contributed by atoms with van der Waals surface area (Å²) >= 11 is 0. The quantitative estimate of drug-likeness (QED) is 0.706. The van der Waals surface area contributed by atoms with Crippen LogP contribution in [0.25, 0.3) is 22.2 Å². The van der Waals surface area contributed by atoms with Crippen molar-refractivity contribution in [2.75, 3.05) is 0 Å². The van der Waals surface area contributed by atoms with Gasteiger partial charge in [0.2, 0.25) is 0 Å². The second kappa shape index (κ2) is 4.07. The normalized spacial score (nSPS) is 10.7. The molecule has 4 nitrogen and oxygen atoms in total. The summed E-state index contributed by atoms with van der Waals surface area (Å²) in [6, 6.07) is 11.6. The van der Waals surface area contributed by atoms with Crippen molar-refractivity contribution < 1.29 is 0 Å². The molecule has 2 aromatic heterocycles. The Kier molecular flexibility index (Phi) is 2.41. The lowest BCUT2D eigenvalue weighted by atomic mass is 10.1. The Labute approximate surface area is 103 Å². The Balaban J connectivity index is 2.22. The summed E-state index contributed by atoms with van der Waals surface area (Å²) in [4.78, 5) is 22.3. The molecule has 3 aromatic rings. The molecule has 1 aromatic carbocycles. The third-order valence-corrected chi connectivity index (χ3v) is 2.78.